The number of aromatic amines is 1. The molecule has 7 heteroatoms. The first-order valence-corrected chi connectivity index (χ1v) is 4.03. The number of nitrogens with zero attached hydrogens (tertiary/aromatic N) is 2. The molecule has 7 nitrogen and oxygen atoms in total. The third-order valence-electron chi connectivity index (χ3n) is 1.96. The van der Waals surface area contributed by atoms with Gasteiger partial charge in [0, 0.05) is 0 Å². The van der Waals surface area contributed by atoms with Gasteiger partial charge in [-0.25, -0.2) is 4.79 Å². The standard InChI is InChI=1S/C7H8N4O3/c1-2-3-4-5(12)9-7(13)11(8)6(4)14-10-3/h2,8H2,1H3,(H,9,12,13). The summed E-state index contributed by atoms with van der Waals surface area (Å²) in [5.41, 5.74) is -0.762. The van der Waals surface area contributed by atoms with Crippen LogP contribution in [0.2, 0.25) is 0 Å². The summed E-state index contributed by atoms with van der Waals surface area (Å²) in [6.07, 6.45) is 0.536. The van der Waals surface area contributed by atoms with E-state index in [0.29, 0.717) is 12.1 Å². The van der Waals surface area contributed by atoms with Crippen molar-refractivity contribution in [3.05, 3.63) is 26.5 Å². The fourth-order valence-electron chi connectivity index (χ4n) is 1.26. The normalized spacial score (nSPS) is 10.9. The van der Waals surface area contributed by atoms with E-state index in [1.54, 1.807) is 0 Å². The lowest BCUT2D eigenvalue weighted by atomic mass is 10.2. The summed E-state index contributed by atoms with van der Waals surface area (Å²) in [6.45, 7) is 1.82. The zero-order chi connectivity index (χ0) is 10.3. The Labute approximate surface area is 77.1 Å². The van der Waals surface area contributed by atoms with Crippen LogP contribution in [0.15, 0.2) is 14.1 Å². The Bertz CT molecular complexity index is 591. The van der Waals surface area contributed by atoms with Crippen LogP contribution in [-0.4, -0.2) is 14.8 Å². The quantitative estimate of drug-likeness (QED) is 0.566. The Morgan fingerprint density at radius 1 is 1.57 bits per heavy atom. The molecule has 0 fully saturated rings. The van der Waals surface area contributed by atoms with Gasteiger partial charge in [-0.2, -0.15) is 4.68 Å². The molecule has 2 aromatic rings. The predicted molar refractivity (Wildman–Crippen MR) is 48.4 cm³/mol. The first kappa shape index (κ1) is 8.54. The summed E-state index contributed by atoms with van der Waals surface area (Å²) in [7, 11) is 0. The lowest BCUT2D eigenvalue weighted by molar-refractivity contribution is 0.431. The van der Waals surface area contributed by atoms with E-state index in [0.717, 1.165) is 4.68 Å². The molecule has 2 rings (SSSR count). The van der Waals surface area contributed by atoms with Gasteiger partial charge in [-0.3, -0.25) is 9.78 Å². The third kappa shape index (κ3) is 0.951. The second-order valence-corrected chi connectivity index (χ2v) is 2.79. The lowest BCUT2D eigenvalue weighted by Gasteiger charge is -1.94. The van der Waals surface area contributed by atoms with Crippen LogP contribution in [0.5, 0.6) is 0 Å². The van der Waals surface area contributed by atoms with Crippen molar-refractivity contribution in [1.82, 2.24) is 14.8 Å². The van der Waals surface area contributed by atoms with E-state index >= 15 is 0 Å². The van der Waals surface area contributed by atoms with Gasteiger partial charge in [-0.15, -0.1) is 0 Å². The number of hydrogen-bond donors (Lipinski definition) is 2. The molecule has 0 bridgehead atoms. The van der Waals surface area contributed by atoms with Crippen molar-refractivity contribution in [1.29, 1.82) is 0 Å². The fourth-order valence-corrected chi connectivity index (χ4v) is 1.26. The zero-order valence-electron chi connectivity index (χ0n) is 7.40. The Kier molecular flexibility index (Phi) is 1.66. The van der Waals surface area contributed by atoms with Gasteiger partial charge < -0.3 is 10.4 Å². The van der Waals surface area contributed by atoms with Crippen LogP contribution >= 0.6 is 0 Å². The van der Waals surface area contributed by atoms with E-state index in [9.17, 15) is 9.59 Å². The fraction of sp³-hybridized carbons (Fsp3) is 0.286. The van der Waals surface area contributed by atoms with Crippen molar-refractivity contribution >= 4 is 11.1 Å². The summed E-state index contributed by atoms with van der Waals surface area (Å²) >= 11 is 0. The van der Waals surface area contributed by atoms with Crippen LogP contribution in [-0.2, 0) is 6.42 Å². The second-order valence-electron chi connectivity index (χ2n) is 2.79. The lowest BCUT2D eigenvalue weighted by Crippen LogP contribution is -2.34. The maximum atomic E-state index is 11.4. The largest absolute Gasteiger partial charge is 0.349 e. The molecule has 0 amide bonds. The molecule has 0 saturated carbocycles. The molecule has 3 N–H and O–H groups in total. The summed E-state index contributed by atoms with van der Waals surface area (Å²) in [5.74, 6) is 5.36. The highest BCUT2D eigenvalue weighted by Crippen LogP contribution is 2.10. The zero-order valence-corrected chi connectivity index (χ0v) is 7.40. The minimum Gasteiger partial charge on any atom is -0.335 e. The molecular formula is C7H8N4O3. The van der Waals surface area contributed by atoms with E-state index < -0.39 is 11.2 Å². The van der Waals surface area contributed by atoms with Crippen LogP contribution in [0.3, 0.4) is 0 Å². The number of nitrogens with two attached hydrogens (primary N) is 1. The molecule has 74 valence electrons. The SMILES string of the molecule is CCc1noc2c1c(=O)[nH]c(=O)n2N. The van der Waals surface area contributed by atoms with Crippen molar-refractivity contribution in [3.8, 4) is 0 Å². The number of fused-ring (bicyclic) bond motifs is 1. The minimum absolute atomic E-state index is 0.00407. The Morgan fingerprint density at radius 3 is 2.93 bits per heavy atom. The van der Waals surface area contributed by atoms with Crippen LogP contribution in [0, 0.1) is 0 Å². The van der Waals surface area contributed by atoms with Crippen molar-refractivity contribution in [2.45, 2.75) is 13.3 Å². The van der Waals surface area contributed by atoms with Crippen LogP contribution < -0.4 is 17.1 Å². The topological polar surface area (TPSA) is 107 Å². The van der Waals surface area contributed by atoms with E-state index in [2.05, 4.69) is 10.1 Å². The van der Waals surface area contributed by atoms with Crippen molar-refractivity contribution in [2.75, 3.05) is 5.84 Å². The first-order valence-electron chi connectivity index (χ1n) is 4.03. The molecule has 0 saturated heterocycles. The highest BCUT2D eigenvalue weighted by molar-refractivity contribution is 5.74. The molecule has 0 radical (unpaired) electrons. The summed E-state index contributed by atoms with van der Waals surface area (Å²) in [4.78, 5) is 24.5. The van der Waals surface area contributed by atoms with Crippen molar-refractivity contribution in [3.63, 3.8) is 0 Å². The number of aryl methyl sites for hydroxylation is 1. The highest BCUT2D eigenvalue weighted by atomic mass is 16.5. The number of hydrogen-bond acceptors (Lipinski definition) is 5. The average molecular weight is 196 g/mol. The Hall–Kier alpha value is -2.05. The van der Waals surface area contributed by atoms with E-state index in [1.807, 2.05) is 6.92 Å². The smallest absolute Gasteiger partial charge is 0.335 e. The van der Waals surface area contributed by atoms with E-state index in [1.165, 1.54) is 0 Å². The van der Waals surface area contributed by atoms with Crippen molar-refractivity contribution < 1.29 is 4.52 Å². The summed E-state index contributed by atoms with van der Waals surface area (Å²) in [6, 6.07) is 0. The monoisotopic (exact) mass is 196 g/mol. The van der Waals surface area contributed by atoms with Gasteiger partial charge >= 0.3 is 5.69 Å². The number of rotatable bonds is 1. The van der Waals surface area contributed by atoms with Gasteiger partial charge in [0.15, 0.2) is 0 Å². The maximum absolute atomic E-state index is 11.4. The summed E-state index contributed by atoms with van der Waals surface area (Å²) in [5, 5.41) is 3.87. The molecule has 0 aromatic carbocycles. The van der Waals surface area contributed by atoms with Crippen LogP contribution in [0.4, 0.5) is 0 Å². The Balaban J connectivity index is 3.05. The van der Waals surface area contributed by atoms with Gasteiger partial charge in [0.1, 0.15) is 5.39 Å². The van der Waals surface area contributed by atoms with Gasteiger partial charge in [-0.05, 0) is 6.42 Å². The summed E-state index contributed by atoms with van der Waals surface area (Å²) < 4.78 is 5.53. The van der Waals surface area contributed by atoms with E-state index in [4.69, 9.17) is 10.4 Å². The van der Waals surface area contributed by atoms with Crippen LogP contribution in [0.1, 0.15) is 12.6 Å². The van der Waals surface area contributed by atoms with Crippen molar-refractivity contribution in [2.24, 2.45) is 0 Å². The molecule has 0 aliphatic rings. The number of aromatic nitrogens is 3. The minimum atomic E-state index is -0.721. The van der Waals surface area contributed by atoms with E-state index in [-0.39, 0.29) is 11.1 Å². The number of nitrogen functional groups attached to an aromatic ring is 1. The van der Waals surface area contributed by atoms with Gasteiger partial charge in [-0.1, -0.05) is 12.1 Å². The van der Waals surface area contributed by atoms with Crippen LogP contribution in [0.25, 0.3) is 11.1 Å². The highest BCUT2D eigenvalue weighted by Gasteiger charge is 2.14. The van der Waals surface area contributed by atoms with Gasteiger partial charge in [0.2, 0.25) is 0 Å². The second kappa shape index (κ2) is 2.72. The molecular weight excluding hydrogens is 188 g/mol. The molecule has 0 unspecified atom stereocenters. The third-order valence-corrected chi connectivity index (χ3v) is 1.96. The molecule has 0 aliphatic heterocycles. The molecule has 2 heterocycles. The van der Waals surface area contributed by atoms with Gasteiger partial charge in [0.05, 0.1) is 5.69 Å². The molecule has 14 heavy (non-hydrogen) atoms. The predicted octanol–water partition coefficient (Wildman–Crippen LogP) is -1.05. The molecule has 0 atom stereocenters. The maximum Gasteiger partial charge on any atom is 0.349 e. The molecule has 0 aliphatic carbocycles. The number of H-pyrrole nitrogens is 1. The average Bonchev–Trinajstić information content (AvgIpc) is 2.58. The Morgan fingerprint density at radius 2 is 2.29 bits per heavy atom. The molecule has 0 spiro atoms. The molecule has 2 aromatic heterocycles. The van der Waals surface area contributed by atoms with Gasteiger partial charge in [0.25, 0.3) is 11.3 Å². The number of nitrogens with one attached hydrogen (secondary N) is 1. The first-order chi connectivity index (χ1) is 6.65.